The van der Waals surface area contributed by atoms with Crippen molar-refractivity contribution in [2.75, 3.05) is 0 Å². The molecule has 0 saturated heterocycles. The first kappa shape index (κ1) is 17.3. The number of nitrogens with zero attached hydrogens (tertiary/aromatic N) is 3. The number of aryl methyl sites for hydroxylation is 1. The van der Waals surface area contributed by atoms with E-state index in [1.54, 1.807) is 19.9 Å². The normalized spacial score (nSPS) is 19.0. The highest BCUT2D eigenvalue weighted by Crippen LogP contribution is 2.32. The summed E-state index contributed by atoms with van der Waals surface area (Å²) in [7, 11) is 0. The zero-order valence-electron chi connectivity index (χ0n) is 14.0. The maximum absolute atomic E-state index is 12.1. The molecule has 0 aliphatic carbocycles. The molecule has 0 saturated carbocycles. The summed E-state index contributed by atoms with van der Waals surface area (Å²) in [6, 6.07) is 1.57. The van der Waals surface area contributed by atoms with E-state index in [9.17, 15) is 9.90 Å². The Morgan fingerprint density at radius 3 is 3.00 bits per heavy atom. The molecule has 0 bridgehead atoms. The molecule has 1 aliphatic heterocycles. The minimum absolute atomic E-state index is 0.0258. The molecule has 8 nitrogen and oxygen atoms in total. The number of carbonyl (C=O) groups is 1. The number of carbonyl (C=O) groups excluding carboxylic acids is 1. The largest absolute Gasteiger partial charge is 0.469 e. The fourth-order valence-corrected chi connectivity index (χ4v) is 2.96. The van der Waals surface area contributed by atoms with Crippen molar-refractivity contribution in [1.82, 2.24) is 9.97 Å². The molecule has 132 valence electrons. The van der Waals surface area contributed by atoms with Crippen LogP contribution in [0.2, 0.25) is 0 Å². The Morgan fingerprint density at radius 1 is 1.56 bits per heavy atom. The van der Waals surface area contributed by atoms with Crippen LogP contribution in [0.1, 0.15) is 40.5 Å². The van der Waals surface area contributed by atoms with Gasteiger partial charge in [0, 0.05) is 29.3 Å². The van der Waals surface area contributed by atoms with Crippen LogP contribution >= 0.6 is 11.3 Å². The summed E-state index contributed by atoms with van der Waals surface area (Å²) in [5.41, 5.74) is 6.65. The van der Waals surface area contributed by atoms with E-state index in [0.29, 0.717) is 22.9 Å². The van der Waals surface area contributed by atoms with Gasteiger partial charge in [-0.25, -0.2) is 14.8 Å². The van der Waals surface area contributed by atoms with Gasteiger partial charge >= 0.3 is 5.97 Å². The summed E-state index contributed by atoms with van der Waals surface area (Å²) < 4.78 is 5.66. The molecule has 3 N–H and O–H groups in total. The smallest absolute Gasteiger partial charge is 0.367 e. The van der Waals surface area contributed by atoms with Crippen molar-refractivity contribution < 1.29 is 19.5 Å². The van der Waals surface area contributed by atoms with Gasteiger partial charge in [0.2, 0.25) is 5.88 Å². The van der Waals surface area contributed by atoms with E-state index in [0.717, 1.165) is 5.69 Å². The first-order valence-electron chi connectivity index (χ1n) is 7.59. The predicted molar refractivity (Wildman–Crippen MR) is 91.6 cm³/mol. The van der Waals surface area contributed by atoms with Crippen LogP contribution in [0, 0.1) is 6.92 Å². The van der Waals surface area contributed by atoms with Crippen molar-refractivity contribution in [3.8, 4) is 5.88 Å². The standard InChI is InChI=1S/C16H18N4O4S/c1-8-7-25-14(19-8)12(17)20-24-15(22)10-4-9-5-11(21)16(2,3)23-13(9)18-6-10/h4,6-7,11,21H,5H2,1-3H3,(H2,17,20)/t11-/m1/s1. The second-order valence-corrected chi connectivity index (χ2v) is 7.12. The molecule has 0 unspecified atom stereocenters. The highest BCUT2D eigenvalue weighted by atomic mass is 32.1. The van der Waals surface area contributed by atoms with E-state index in [2.05, 4.69) is 15.1 Å². The number of aliphatic hydroxyl groups is 1. The van der Waals surface area contributed by atoms with Gasteiger partial charge in [-0.2, -0.15) is 0 Å². The van der Waals surface area contributed by atoms with Crippen LogP contribution in [0.15, 0.2) is 22.8 Å². The number of thiazole rings is 1. The van der Waals surface area contributed by atoms with Gasteiger partial charge in [0.15, 0.2) is 10.8 Å². The van der Waals surface area contributed by atoms with E-state index in [-0.39, 0.29) is 11.4 Å². The molecule has 1 atom stereocenters. The number of amidine groups is 1. The van der Waals surface area contributed by atoms with Crippen molar-refractivity contribution in [2.24, 2.45) is 10.9 Å². The molecule has 3 rings (SSSR count). The summed E-state index contributed by atoms with van der Waals surface area (Å²) in [6.07, 6.45) is 0.976. The lowest BCUT2D eigenvalue weighted by atomic mass is 9.92. The van der Waals surface area contributed by atoms with Gasteiger partial charge in [-0.05, 0) is 26.8 Å². The van der Waals surface area contributed by atoms with Crippen LogP contribution in [0.4, 0.5) is 0 Å². The Bertz CT molecular complexity index is 846. The zero-order chi connectivity index (χ0) is 18.2. The lowest BCUT2D eigenvalue weighted by molar-refractivity contribution is -0.0443. The summed E-state index contributed by atoms with van der Waals surface area (Å²) in [5.74, 6) is -0.281. The number of pyridine rings is 1. The molecule has 2 aromatic rings. The number of ether oxygens (including phenoxy) is 1. The van der Waals surface area contributed by atoms with Crippen molar-refractivity contribution in [3.63, 3.8) is 0 Å². The molecule has 0 spiro atoms. The first-order valence-corrected chi connectivity index (χ1v) is 8.47. The number of hydrogen-bond donors (Lipinski definition) is 2. The van der Waals surface area contributed by atoms with Crippen LogP contribution < -0.4 is 10.5 Å². The summed E-state index contributed by atoms with van der Waals surface area (Å²) in [4.78, 5) is 25.3. The van der Waals surface area contributed by atoms with Gasteiger partial charge in [-0.15, -0.1) is 11.3 Å². The molecule has 2 aromatic heterocycles. The minimum Gasteiger partial charge on any atom is -0.469 e. The molecule has 0 aromatic carbocycles. The second kappa shape index (κ2) is 6.41. The van der Waals surface area contributed by atoms with E-state index >= 15 is 0 Å². The number of fused-ring (bicyclic) bond motifs is 1. The number of oxime groups is 1. The van der Waals surface area contributed by atoms with Crippen LogP contribution in [0.25, 0.3) is 0 Å². The first-order chi connectivity index (χ1) is 11.8. The maximum atomic E-state index is 12.1. The Balaban J connectivity index is 1.74. The van der Waals surface area contributed by atoms with Gasteiger partial charge < -0.3 is 20.4 Å². The average molecular weight is 362 g/mol. The average Bonchev–Trinajstić information content (AvgIpc) is 2.99. The SMILES string of the molecule is Cc1csc(/C(N)=N\OC(=O)c2cnc3c(c2)C[C@@H](O)C(C)(C)O3)n1. The van der Waals surface area contributed by atoms with Gasteiger partial charge in [0.05, 0.1) is 11.7 Å². The molecule has 25 heavy (non-hydrogen) atoms. The number of aromatic nitrogens is 2. The van der Waals surface area contributed by atoms with Crippen LogP contribution in [0.3, 0.4) is 0 Å². The lowest BCUT2D eigenvalue weighted by Crippen LogP contribution is -2.46. The zero-order valence-corrected chi connectivity index (χ0v) is 14.8. The monoisotopic (exact) mass is 362 g/mol. The van der Waals surface area contributed by atoms with Crippen molar-refractivity contribution in [1.29, 1.82) is 0 Å². The van der Waals surface area contributed by atoms with E-state index in [4.69, 9.17) is 15.3 Å². The quantitative estimate of drug-likeness (QED) is 0.366. The maximum Gasteiger partial charge on any atom is 0.367 e. The minimum atomic E-state index is -0.730. The van der Waals surface area contributed by atoms with Crippen molar-refractivity contribution in [3.05, 3.63) is 39.5 Å². The third-order valence-electron chi connectivity index (χ3n) is 3.80. The highest BCUT2D eigenvalue weighted by Gasteiger charge is 2.36. The van der Waals surface area contributed by atoms with Gasteiger partial charge in [0.1, 0.15) is 5.60 Å². The topological polar surface area (TPSA) is 120 Å². The Hall–Kier alpha value is -2.52. The number of rotatable bonds is 3. The third kappa shape index (κ3) is 3.62. The number of hydrogen-bond acceptors (Lipinski definition) is 8. The molecule has 0 amide bonds. The molecule has 0 radical (unpaired) electrons. The van der Waals surface area contributed by atoms with Gasteiger partial charge in [-0.3, -0.25) is 0 Å². The van der Waals surface area contributed by atoms with E-state index < -0.39 is 17.7 Å². The Morgan fingerprint density at radius 2 is 2.32 bits per heavy atom. The Labute approximate surface area is 148 Å². The van der Waals surface area contributed by atoms with E-state index in [1.165, 1.54) is 17.5 Å². The Kier molecular flexibility index (Phi) is 4.44. The predicted octanol–water partition coefficient (Wildman–Crippen LogP) is 1.40. The molecule has 1 aliphatic rings. The fourth-order valence-electron chi connectivity index (χ4n) is 2.27. The van der Waals surface area contributed by atoms with E-state index in [1.807, 2.05) is 12.3 Å². The highest BCUT2D eigenvalue weighted by molar-refractivity contribution is 7.11. The molecular formula is C16H18N4O4S. The molecule has 3 heterocycles. The van der Waals surface area contributed by atoms with Crippen LogP contribution in [-0.2, 0) is 11.3 Å². The second-order valence-electron chi connectivity index (χ2n) is 6.26. The van der Waals surface area contributed by atoms with Gasteiger partial charge in [0.25, 0.3) is 0 Å². The van der Waals surface area contributed by atoms with Gasteiger partial charge in [-0.1, -0.05) is 5.16 Å². The molecule has 0 fully saturated rings. The van der Waals surface area contributed by atoms with Crippen LogP contribution in [0.5, 0.6) is 5.88 Å². The fraction of sp³-hybridized carbons (Fsp3) is 0.375. The summed E-state index contributed by atoms with van der Waals surface area (Å²) in [5, 5.41) is 16.0. The number of nitrogens with two attached hydrogens (primary N) is 1. The molecular weight excluding hydrogens is 344 g/mol. The van der Waals surface area contributed by atoms with Crippen molar-refractivity contribution >= 4 is 23.1 Å². The molecule has 9 heteroatoms. The third-order valence-corrected chi connectivity index (χ3v) is 4.78. The number of aliphatic hydroxyl groups excluding tert-OH is 1. The van der Waals surface area contributed by atoms with Crippen molar-refractivity contribution in [2.45, 2.75) is 38.9 Å². The van der Waals surface area contributed by atoms with Crippen LogP contribution in [-0.4, -0.2) is 38.6 Å². The summed E-state index contributed by atoms with van der Waals surface area (Å²) in [6.45, 7) is 5.39. The summed E-state index contributed by atoms with van der Waals surface area (Å²) >= 11 is 1.31. The lowest BCUT2D eigenvalue weighted by Gasteiger charge is -2.36.